The second-order valence-corrected chi connectivity index (χ2v) is 6.32. The number of hydrogen-bond acceptors (Lipinski definition) is 3. The molecule has 0 fully saturated rings. The number of pyridine rings is 1. The fourth-order valence-corrected chi connectivity index (χ4v) is 3.18. The average molecular weight is 361 g/mol. The molecule has 0 saturated heterocycles. The average Bonchev–Trinajstić information content (AvgIpc) is 3.00. The molecule has 0 spiro atoms. The molecule has 1 aliphatic rings. The molecule has 0 atom stereocenters. The van der Waals surface area contributed by atoms with Gasteiger partial charge in [-0.3, -0.25) is 14.6 Å². The summed E-state index contributed by atoms with van der Waals surface area (Å²) in [6.07, 6.45) is 3.40. The molecule has 3 aromatic rings. The van der Waals surface area contributed by atoms with Crippen molar-refractivity contribution in [3.63, 3.8) is 0 Å². The van der Waals surface area contributed by atoms with Gasteiger partial charge in [-0.15, -0.1) is 0 Å². The van der Waals surface area contributed by atoms with Gasteiger partial charge in [-0.05, 0) is 47.5 Å². The Morgan fingerprint density at radius 2 is 1.93 bits per heavy atom. The maximum atomic E-state index is 13.0. The zero-order chi connectivity index (χ0) is 18.8. The SMILES string of the molecule is O=C(Nc1ccc(F)cc1)c1cccc2c1C(=O)N(Cc1cccnc1)C2. The molecule has 0 saturated carbocycles. The summed E-state index contributed by atoms with van der Waals surface area (Å²) in [4.78, 5) is 31.3. The molecule has 5 nitrogen and oxygen atoms in total. The van der Waals surface area contributed by atoms with Crippen molar-refractivity contribution in [2.45, 2.75) is 13.1 Å². The van der Waals surface area contributed by atoms with E-state index in [1.54, 1.807) is 29.4 Å². The van der Waals surface area contributed by atoms with Gasteiger partial charge in [0.25, 0.3) is 11.8 Å². The molecule has 6 heteroatoms. The van der Waals surface area contributed by atoms with E-state index in [4.69, 9.17) is 0 Å². The van der Waals surface area contributed by atoms with Crippen LogP contribution in [0.25, 0.3) is 0 Å². The van der Waals surface area contributed by atoms with Crippen LogP contribution >= 0.6 is 0 Å². The molecule has 2 amide bonds. The van der Waals surface area contributed by atoms with Crippen molar-refractivity contribution in [2.24, 2.45) is 0 Å². The monoisotopic (exact) mass is 361 g/mol. The molecule has 27 heavy (non-hydrogen) atoms. The highest BCUT2D eigenvalue weighted by molar-refractivity contribution is 6.13. The molecule has 0 unspecified atom stereocenters. The number of aromatic nitrogens is 1. The summed E-state index contributed by atoms with van der Waals surface area (Å²) in [5.41, 5.74) is 2.94. The van der Waals surface area contributed by atoms with Crippen LogP contribution in [-0.4, -0.2) is 21.7 Å². The third-order valence-corrected chi connectivity index (χ3v) is 4.46. The Morgan fingerprint density at radius 1 is 1.11 bits per heavy atom. The van der Waals surface area contributed by atoms with Gasteiger partial charge in [0, 0.05) is 31.2 Å². The molecular formula is C21H16FN3O2. The first-order chi connectivity index (χ1) is 13.1. The van der Waals surface area contributed by atoms with Crippen molar-refractivity contribution in [1.29, 1.82) is 0 Å². The number of benzene rings is 2. The van der Waals surface area contributed by atoms with Crippen LogP contribution in [0.3, 0.4) is 0 Å². The van der Waals surface area contributed by atoms with Gasteiger partial charge in [-0.25, -0.2) is 4.39 Å². The lowest BCUT2D eigenvalue weighted by atomic mass is 10.0. The van der Waals surface area contributed by atoms with Gasteiger partial charge >= 0.3 is 0 Å². The quantitative estimate of drug-likeness (QED) is 0.772. The highest BCUT2D eigenvalue weighted by atomic mass is 19.1. The normalized spacial score (nSPS) is 12.8. The summed E-state index contributed by atoms with van der Waals surface area (Å²) in [5, 5.41) is 2.71. The van der Waals surface area contributed by atoms with E-state index in [0.717, 1.165) is 11.1 Å². The smallest absolute Gasteiger partial charge is 0.256 e. The minimum Gasteiger partial charge on any atom is -0.330 e. The Morgan fingerprint density at radius 3 is 2.67 bits per heavy atom. The summed E-state index contributed by atoms with van der Waals surface area (Å²) in [6.45, 7) is 0.876. The van der Waals surface area contributed by atoms with Gasteiger partial charge in [0.1, 0.15) is 5.82 Å². The third kappa shape index (κ3) is 3.42. The predicted octanol–water partition coefficient (Wildman–Crippen LogP) is 3.63. The number of anilines is 1. The van der Waals surface area contributed by atoms with Gasteiger partial charge in [0.05, 0.1) is 11.1 Å². The first-order valence-corrected chi connectivity index (χ1v) is 8.49. The Hall–Kier alpha value is -3.54. The molecule has 0 radical (unpaired) electrons. The molecule has 4 rings (SSSR count). The van der Waals surface area contributed by atoms with Crippen LogP contribution in [0.4, 0.5) is 10.1 Å². The molecule has 0 bridgehead atoms. The van der Waals surface area contributed by atoms with E-state index in [-0.39, 0.29) is 11.7 Å². The van der Waals surface area contributed by atoms with Crippen LogP contribution in [0.1, 0.15) is 31.8 Å². The molecule has 1 aliphatic heterocycles. The number of nitrogens with zero attached hydrogens (tertiary/aromatic N) is 2. The zero-order valence-corrected chi connectivity index (χ0v) is 14.4. The van der Waals surface area contributed by atoms with Crippen LogP contribution in [-0.2, 0) is 13.1 Å². The molecule has 2 heterocycles. The van der Waals surface area contributed by atoms with E-state index in [1.165, 1.54) is 24.3 Å². The number of amides is 2. The van der Waals surface area contributed by atoms with Crippen molar-refractivity contribution >= 4 is 17.5 Å². The van der Waals surface area contributed by atoms with Gasteiger partial charge in [0.15, 0.2) is 0 Å². The first kappa shape index (κ1) is 16.9. The largest absolute Gasteiger partial charge is 0.330 e. The number of nitrogens with one attached hydrogen (secondary N) is 1. The van der Waals surface area contributed by atoms with Crippen molar-refractivity contribution in [3.8, 4) is 0 Å². The lowest BCUT2D eigenvalue weighted by Crippen LogP contribution is -2.25. The third-order valence-electron chi connectivity index (χ3n) is 4.46. The highest BCUT2D eigenvalue weighted by Gasteiger charge is 2.31. The van der Waals surface area contributed by atoms with Crippen molar-refractivity contribution in [3.05, 3.63) is 95.1 Å². The number of carbonyl (C=O) groups is 2. The Balaban J connectivity index is 1.58. The second-order valence-electron chi connectivity index (χ2n) is 6.32. The minimum absolute atomic E-state index is 0.182. The number of rotatable bonds is 4. The first-order valence-electron chi connectivity index (χ1n) is 8.49. The van der Waals surface area contributed by atoms with Crippen molar-refractivity contribution in [2.75, 3.05) is 5.32 Å². The Kier molecular flexibility index (Phi) is 4.38. The number of halogens is 1. The molecule has 1 aromatic heterocycles. The van der Waals surface area contributed by atoms with Crippen LogP contribution < -0.4 is 5.32 Å². The fourth-order valence-electron chi connectivity index (χ4n) is 3.18. The topological polar surface area (TPSA) is 62.3 Å². The number of carbonyl (C=O) groups excluding carboxylic acids is 2. The molecule has 2 aromatic carbocycles. The lowest BCUT2D eigenvalue weighted by Gasteiger charge is -2.15. The van der Waals surface area contributed by atoms with Crippen LogP contribution in [0, 0.1) is 5.82 Å². The van der Waals surface area contributed by atoms with E-state index in [1.807, 2.05) is 18.2 Å². The van der Waals surface area contributed by atoms with E-state index in [0.29, 0.717) is 29.9 Å². The van der Waals surface area contributed by atoms with Crippen LogP contribution in [0.15, 0.2) is 67.0 Å². The molecule has 0 aliphatic carbocycles. The maximum Gasteiger partial charge on any atom is 0.256 e. The van der Waals surface area contributed by atoms with Crippen molar-refractivity contribution < 1.29 is 14.0 Å². The van der Waals surface area contributed by atoms with Gasteiger partial charge in [-0.1, -0.05) is 18.2 Å². The van der Waals surface area contributed by atoms with Gasteiger partial charge < -0.3 is 10.2 Å². The summed E-state index contributed by atoms with van der Waals surface area (Å²) in [6, 6.07) is 14.5. The lowest BCUT2D eigenvalue weighted by molar-refractivity contribution is 0.0763. The summed E-state index contributed by atoms with van der Waals surface area (Å²) in [5.74, 6) is -0.955. The minimum atomic E-state index is -0.393. The van der Waals surface area contributed by atoms with E-state index < -0.39 is 5.91 Å². The highest BCUT2D eigenvalue weighted by Crippen LogP contribution is 2.28. The number of fused-ring (bicyclic) bond motifs is 1. The standard InChI is InChI=1S/C21H16FN3O2/c22-16-6-8-17(9-7-16)24-20(26)18-5-1-4-15-13-25(21(27)19(15)18)12-14-3-2-10-23-11-14/h1-11H,12-13H2,(H,24,26). The molecular weight excluding hydrogens is 345 g/mol. The summed E-state index contributed by atoms with van der Waals surface area (Å²) in [7, 11) is 0. The summed E-state index contributed by atoms with van der Waals surface area (Å²) < 4.78 is 13.0. The second kappa shape index (κ2) is 6.99. The van der Waals surface area contributed by atoms with Crippen molar-refractivity contribution in [1.82, 2.24) is 9.88 Å². The maximum absolute atomic E-state index is 13.0. The van der Waals surface area contributed by atoms with E-state index >= 15 is 0 Å². The van der Waals surface area contributed by atoms with E-state index in [9.17, 15) is 14.0 Å². The fraction of sp³-hybridized carbons (Fsp3) is 0.0952. The van der Waals surface area contributed by atoms with E-state index in [2.05, 4.69) is 10.3 Å². The number of hydrogen-bond donors (Lipinski definition) is 1. The van der Waals surface area contributed by atoms with Gasteiger partial charge in [0.2, 0.25) is 0 Å². The van der Waals surface area contributed by atoms with Crippen LogP contribution in [0.2, 0.25) is 0 Å². The van der Waals surface area contributed by atoms with Gasteiger partial charge in [-0.2, -0.15) is 0 Å². The Labute approximate surface area is 155 Å². The predicted molar refractivity (Wildman–Crippen MR) is 98.6 cm³/mol. The van der Waals surface area contributed by atoms with Crippen LogP contribution in [0.5, 0.6) is 0 Å². The Bertz CT molecular complexity index is 1000. The molecule has 1 N–H and O–H groups in total. The summed E-state index contributed by atoms with van der Waals surface area (Å²) >= 11 is 0. The molecule has 134 valence electrons. The zero-order valence-electron chi connectivity index (χ0n) is 14.4.